The zero-order chi connectivity index (χ0) is 28.4. The fourth-order valence-electron chi connectivity index (χ4n) is 4.54. The maximum Gasteiger partial charge on any atom is 0.162 e. The number of methoxy groups -OCH3 is 2. The normalized spacial score (nSPS) is 16.7. The highest BCUT2D eigenvalue weighted by atomic mass is 32.2. The molecule has 210 valence electrons. The largest absolute Gasteiger partial charge is 0.493 e. The van der Waals surface area contributed by atoms with Crippen molar-refractivity contribution in [1.29, 1.82) is 0 Å². The second-order valence-electron chi connectivity index (χ2n) is 9.45. The summed E-state index contributed by atoms with van der Waals surface area (Å²) in [5.41, 5.74) is 2.94. The Bertz CT molecular complexity index is 1540. The van der Waals surface area contributed by atoms with Crippen molar-refractivity contribution in [1.82, 2.24) is 14.0 Å². The number of nitrogens with zero attached hydrogens (tertiary/aromatic N) is 2. The van der Waals surface area contributed by atoms with E-state index in [1.807, 2.05) is 36.4 Å². The van der Waals surface area contributed by atoms with Gasteiger partial charge in [-0.25, -0.2) is 13.4 Å². The average Bonchev–Trinajstić information content (AvgIpc) is 3.00. The van der Waals surface area contributed by atoms with Crippen molar-refractivity contribution in [3.8, 4) is 29.1 Å². The SMILES string of the molecule is COc1cc2nccc(O[C@@H]3CCC#CC(N(Cc4ccccc4)SNCc4ccccc4)C=C3F)c2cc1OC. The lowest BCUT2D eigenvalue weighted by Gasteiger charge is -2.27. The summed E-state index contributed by atoms with van der Waals surface area (Å²) in [6.45, 7) is 1.25. The third-order valence-corrected chi connectivity index (χ3v) is 7.54. The highest BCUT2D eigenvalue weighted by Gasteiger charge is 2.24. The lowest BCUT2D eigenvalue weighted by Crippen LogP contribution is -2.31. The van der Waals surface area contributed by atoms with Gasteiger partial charge in [-0.15, -0.1) is 5.92 Å². The summed E-state index contributed by atoms with van der Waals surface area (Å²) in [7, 11) is 3.15. The molecule has 0 saturated carbocycles. The molecule has 3 aromatic carbocycles. The molecule has 4 aromatic rings. The quantitative estimate of drug-likeness (QED) is 0.156. The first kappa shape index (κ1) is 28.5. The van der Waals surface area contributed by atoms with Gasteiger partial charge in [0.2, 0.25) is 0 Å². The Balaban J connectivity index is 1.38. The van der Waals surface area contributed by atoms with Crippen molar-refractivity contribution in [3.05, 3.63) is 108 Å². The van der Waals surface area contributed by atoms with Gasteiger partial charge >= 0.3 is 0 Å². The molecule has 0 fully saturated rings. The minimum atomic E-state index is -0.786. The Kier molecular flexibility index (Phi) is 9.76. The van der Waals surface area contributed by atoms with Crippen LogP contribution in [-0.4, -0.2) is 35.7 Å². The molecule has 5 rings (SSSR count). The molecule has 1 aliphatic rings. The van der Waals surface area contributed by atoms with E-state index in [1.54, 1.807) is 44.7 Å². The Hall–Kier alpha value is -4.03. The molecule has 1 aromatic heterocycles. The van der Waals surface area contributed by atoms with Gasteiger partial charge in [0.15, 0.2) is 17.6 Å². The molecular weight excluding hydrogens is 537 g/mol. The highest BCUT2D eigenvalue weighted by Crippen LogP contribution is 2.36. The monoisotopic (exact) mass is 569 g/mol. The smallest absolute Gasteiger partial charge is 0.162 e. The summed E-state index contributed by atoms with van der Waals surface area (Å²) in [6.07, 6.45) is 3.37. The Morgan fingerprint density at radius 3 is 2.39 bits per heavy atom. The first-order valence-electron chi connectivity index (χ1n) is 13.4. The van der Waals surface area contributed by atoms with Crippen LogP contribution in [0, 0.1) is 11.8 Å². The first-order valence-corrected chi connectivity index (χ1v) is 14.2. The number of pyridine rings is 1. The van der Waals surface area contributed by atoms with E-state index in [1.165, 1.54) is 12.1 Å². The molecule has 2 atom stereocenters. The predicted octanol–water partition coefficient (Wildman–Crippen LogP) is 6.87. The van der Waals surface area contributed by atoms with E-state index in [-0.39, 0.29) is 5.83 Å². The minimum absolute atomic E-state index is 0.351. The maximum atomic E-state index is 15.9. The van der Waals surface area contributed by atoms with E-state index in [2.05, 4.69) is 50.1 Å². The van der Waals surface area contributed by atoms with Crippen LogP contribution < -0.4 is 18.9 Å². The van der Waals surface area contributed by atoms with Crippen molar-refractivity contribution in [3.63, 3.8) is 0 Å². The van der Waals surface area contributed by atoms with Gasteiger partial charge in [-0.1, -0.05) is 66.6 Å². The zero-order valence-corrected chi connectivity index (χ0v) is 23.9. The molecule has 8 heteroatoms. The van der Waals surface area contributed by atoms with Gasteiger partial charge in [-0.2, -0.15) is 0 Å². The molecular formula is C33H32FN3O3S. The highest BCUT2D eigenvalue weighted by molar-refractivity contribution is 7.95. The van der Waals surface area contributed by atoms with Crippen LogP contribution in [-0.2, 0) is 13.1 Å². The molecule has 41 heavy (non-hydrogen) atoms. The number of nitrogens with one attached hydrogen (secondary N) is 1. The first-order chi connectivity index (χ1) is 20.1. The summed E-state index contributed by atoms with van der Waals surface area (Å²) in [5.74, 6) is 7.80. The summed E-state index contributed by atoms with van der Waals surface area (Å²) < 4.78 is 38.6. The number of aromatic nitrogens is 1. The van der Waals surface area contributed by atoms with Crippen molar-refractivity contribution in [2.75, 3.05) is 14.2 Å². The molecule has 1 aliphatic carbocycles. The topological polar surface area (TPSA) is 55.9 Å². The molecule has 1 unspecified atom stereocenters. The zero-order valence-electron chi connectivity index (χ0n) is 23.0. The van der Waals surface area contributed by atoms with Gasteiger partial charge in [-0.3, -0.25) is 4.98 Å². The van der Waals surface area contributed by atoms with Crippen LogP contribution in [0.4, 0.5) is 4.39 Å². The van der Waals surface area contributed by atoms with E-state index < -0.39 is 12.1 Å². The van der Waals surface area contributed by atoms with E-state index >= 15 is 4.39 Å². The van der Waals surface area contributed by atoms with Gasteiger partial charge in [0.25, 0.3) is 0 Å². The number of ether oxygens (including phenoxy) is 3. The van der Waals surface area contributed by atoms with Crippen molar-refractivity contribution in [2.24, 2.45) is 0 Å². The molecule has 0 aliphatic heterocycles. The van der Waals surface area contributed by atoms with Crippen LogP contribution in [0.2, 0.25) is 0 Å². The lowest BCUT2D eigenvalue weighted by atomic mass is 10.1. The molecule has 0 radical (unpaired) electrons. The van der Waals surface area contributed by atoms with Crippen LogP contribution in [0.3, 0.4) is 0 Å². The Labute approximate surface area is 244 Å². The summed E-state index contributed by atoms with van der Waals surface area (Å²) in [6, 6.07) is 25.2. The molecule has 6 nitrogen and oxygen atoms in total. The van der Waals surface area contributed by atoms with Gasteiger partial charge in [0.05, 0.1) is 19.7 Å². The number of hydrogen-bond acceptors (Lipinski definition) is 7. The van der Waals surface area contributed by atoms with Crippen LogP contribution in [0.25, 0.3) is 10.9 Å². The number of fused-ring (bicyclic) bond motifs is 1. The van der Waals surface area contributed by atoms with E-state index in [9.17, 15) is 0 Å². The van der Waals surface area contributed by atoms with E-state index in [0.29, 0.717) is 54.1 Å². The molecule has 1 N–H and O–H groups in total. The standard InChI is InChI=1S/C33H32FN3O3S/c1-38-32-20-27-29(21-33(32)39-2)35-18-17-30(27)40-31-16-10-9-15-26(19-28(31)34)37(23-25-13-7-4-8-14-25)41-36-22-24-11-5-3-6-12-24/h3-8,11-14,17-21,26,31,36H,10,16,22-23H2,1-2H3/t26?,31-/m1/s1. The van der Waals surface area contributed by atoms with Crippen molar-refractivity contribution >= 4 is 23.0 Å². The number of benzene rings is 3. The fourth-order valence-corrected chi connectivity index (χ4v) is 5.37. The second kappa shape index (κ2) is 14.0. The number of halogens is 1. The molecule has 1 heterocycles. The van der Waals surface area contributed by atoms with Gasteiger partial charge in [0, 0.05) is 55.7 Å². The third kappa shape index (κ3) is 7.39. The van der Waals surface area contributed by atoms with Crippen molar-refractivity contribution < 1.29 is 18.6 Å². The molecule has 0 bridgehead atoms. The van der Waals surface area contributed by atoms with Gasteiger partial charge < -0.3 is 14.2 Å². The van der Waals surface area contributed by atoms with Crippen LogP contribution in [0.1, 0.15) is 24.0 Å². The lowest BCUT2D eigenvalue weighted by molar-refractivity contribution is 0.199. The van der Waals surface area contributed by atoms with E-state index in [4.69, 9.17) is 14.2 Å². The molecule has 0 spiro atoms. The maximum absolute atomic E-state index is 15.9. The molecule has 0 amide bonds. The van der Waals surface area contributed by atoms with Crippen LogP contribution >= 0.6 is 12.1 Å². The summed E-state index contributed by atoms with van der Waals surface area (Å²) in [4.78, 5) is 4.43. The second-order valence-corrected chi connectivity index (χ2v) is 10.4. The van der Waals surface area contributed by atoms with Gasteiger partial charge in [0.1, 0.15) is 17.6 Å². The summed E-state index contributed by atoms with van der Waals surface area (Å²) in [5, 5.41) is 0.717. The Morgan fingerprint density at radius 1 is 0.951 bits per heavy atom. The molecule has 0 saturated heterocycles. The van der Waals surface area contributed by atoms with Crippen LogP contribution in [0.5, 0.6) is 17.2 Å². The number of hydrogen-bond donors (Lipinski definition) is 1. The van der Waals surface area contributed by atoms with E-state index in [0.717, 1.165) is 11.1 Å². The minimum Gasteiger partial charge on any atom is -0.493 e. The fraction of sp³-hybridized carbons (Fsp3) is 0.242. The average molecular weight is 570 g/mol. The Morgan fingerprint density at radius 2 is 1.66 bits per heavy atom. The predicted molar refractivity (Wildman–Crippen MR) is 162 cm³/mol. The number of rotatable bonds is 11. The van der Waals surface area contributed by atoms with Crippen LogP contribution in [0.15, 0.2) is 97.0 Å². The van der Waals surface area contributed by atoms with Gasteiger partial charge in [-0.05, 0) is 29.3 Å². The summed E-state index contributed by atoms with van der Waals surface area (Å²) >= 11 is 1.45. The third-order valence-electron chi connectivity index (χ3n) is 6.67. The van der Waals surface area contributed by atoms with Crippen molar-refractivity contribution in [2.45, 2.75) is 38.1 Å².